The Morgan fingerprint density at radius 3 is 1.89 bits per heavy atom. The molecule has 0 rings (SSSR count). The van der Waals surface area contributed by atoms with Gasteiger partial charge in [-0.15, -0.1) is 0 Å². The largest absolute Gasteiger partial charge is 0.502 e. The van der Waals surface area contributed by atoms with Crippen molar-refractivity contribution in [1.29, 1.82) is 0 Å². The number of hydrogen-bond donors (Lipinski definition) is 0. The summed E-state index contributed by atoms with van der Waals surface area (Å²) >= 11 is 0. The Morgan fingerprint density at radius 2 is 1.26 bits per heavy atom. The highest BCUT2D eigenvalue weighted by Gasteiger charge is 2.05. The third kappa shape index (κ3) is 15.0. The maximum absolute atomic E-state index is 13.3. The summed E-state index contributed by atoms with van der Waals surface area (Å²) in [5, 5.41) is 0. The SMILES string of the molecule is C=COCCCCCCCCCC(F)CCOC=C. The molecule has 0 aliphatic heterocycles. The van der Waals surface area contributed by atoms with Gasteiger partial charge in [0, 0.05) is 6.42 Å². The van der Waals surface area contributed by atoms with Crippen molar-refractivity contribution in [2.75, 3.05) is 13.2 Å². The van der Waals surface area contributed by atoms with Crippen molar-refractivity contribution in [3.63, 3.8) is 0 Å². The molecule has 0 aliphatic rings. The van der Waals surface area contributed by atoms with Crippen LogP contribution in [0, 0.1) is 0 Å². The minimum absolute atomic E-state index is 0.442. The summed E-state index contributed by atoms with van der Waals surface area (Å²) < 4.78 is 23.3. The third-order valence-electron chi connectivity index (χ3n) is 3.06. The van der Waals surface area contributed by atoms with Crippen molar-refractivity contribution in [2.24, 2.45) is 0 Å². The van der Waals surface area contributed by atoms with E-state index < -0.39 is 6.17 Å². The number of halogens is 1. The fourth-order valence-corrected chi connectivity index (χ4v) is 1.94. The van der Waals surface area contributed by atoms with Gasteiger partial charge >= 0.3 is 0 Å². The first-order valence-corrected chi connectivity index (χ1v) is 7.40. The van der Waals surface area contributed by atoms with E-state index in [2.05, 4.69) is 13.2 Å². The van der Waals surface area contributed by atoms with Gasteiger partial charge in [0.2, 0.25) is 0 Å². The number of unbranched alkanes of at least 4 members (excludes halogenated alkanes) is 6. The van der Waals surface area contributed by atoms with Gasteiger partial charge in [0.25, 0.3) is 0 Å². The topological polar surface area (TPSA) is 18.5 Å². The highest BCUT2D eigenvalue weighted by atomic mass is 19.1. The highest BCUT2D eigenvalue weighted by Crippen LogP contribution is 2.13. The van der Waals surface area contributed by atoms with Crippen LogP contribution >= 0.6 is 0 Å². The Balaban J connectivity index is 3.09. The molecule has 0 aromatic heterocycles. The minimum atomic E-state index is -0.726. The highest BCUT2D eigenvalue weighted by molar-refractivity contribution is 4.58. The zero-order valence-electron chi connectivity index (χ0n) is 12.1. The molecule has 0 amide bonds. The molecule has 2 nitrogen and oxygen atoms in total. The van der Waals surface area contributed by atoms with Gasteiger partial charge in [-0.1, -0.05) is 51.7 Å². The molecular formula is C16H29FO2. The monoisotopic (exact) mass is 272 g/mol. The van der Waals surface area contributed by atoms with E-state index in [0.29, 0.717) is 19.4 Å². The Kier molecular flexibility index (Phi) is 14.3. The molecule has 112 valence electrons. The van der Waals surface area contributed by atoms with Crippen molar-refractivity contribution in [1.82, 2.24) is 0 Å². The first-order chi connectivity index (χ1) is 9.31. The van der Waals surface area contributed by atoms with Crippen LogP contribution in [0.15, 0.2) is 25.7 Å². The predicted molar refractivity (Wildman–Crippen MR) is 78.7 cm³/mol. The lowest BCUT2D eigenvalue weighted by atomic mass is 10.1. The molecule has 0 aromatic rings. The molecule has 0 aliphatic carbocycles. The predicted octanol–water partition coefficient (Wildman–Crippen LogP) is 5.16. The van der Waals surface area contributed by atoms with E-state index in [-0.39, 0.29) is 0 Å². The zero-order chi connectivity index (χ0) is 14.2. The number of hydrogen-bond acceptors (Lipinski definition) is 2. The van der Waals surface area contributed by atoms with Crippen LogP contribution in [0.3, 0.4) is 0 Å². The van der Waals surface area contributed by atoms with Crippen LogP contribution in [0.2, 0.25) is 0 Å². The maximum atomic E-state index is 13.3. The van der Waals surface area contributed by atoms with Crippen LogP contribution in [0.5, 0.6) is 0 Å². The molecule has 19 heavy (non-hydrogen) atoms. The summed E-state index contributed by atoms with van der Waals surface area (Å²) in [4.78, 5) is 0. The van der Waals surface area contributed by atoms with Crippen molar-refractivity contribution in [2.45, 2.75) is 64.0 Å². The van der Waals surface area contributed by atoms with Crippen LogP contribution in [0.25, 0.3) is 0 Å². The summed E-state index contributed by atoms with van der Waals surface area (Å²) in [7, 11) is 0. The molecule has 0 heterocycles. The fourth-order valence-electron chi connectivity index (χ4n) is 1.94. The van der Waals surface area contributed by atoms with E-state index in [1.807, 2.05) is 0 Å². The van der Waals surface area contributed by atoms with E-state index in [1.54, 1.807) is 0 Å². The summed E-state index contributed by atoms with van der Waals surface area (Å²) in [6, 6.07) is 0. The second-order valence-electron chi connectivity index (χ2n) is 4.72. The van der Waals surface area contributed by atoms with Crippen LogP contribution in [0.4, 0.5) is 4.39 Å². The van der Waals surface area contributed by atoms with E-state index in [4.69, 9.17) is 9.47 Å². The summed E-state index contributed by atoms with van der Waals surface area (Å²) in [6.45, 7) is 8.15. The molecule has 0 saturated heterocycles. The van der Waals surface area contributed by atoms with Gasteiger partial charge in [-0.3, -0.25) is 0 Å². The van der Waals surface area contributed by atoms with Gasteiger partial charge in [0.05, 0.1) is 25.7 Å². The van der Waals surface area contributed by atoms with Crippen LogP contribution in [-0.2, 0) is 9.47 Å². The standard InChI is InChI=1S/C16H29FO2/c1-3-18-14-11-9-7-5-6-8-10-12-16(17)13-15-19-4-2/h3-4,16H,1-2,5-15H2. The van der Waals surface area contributed by atoms with Gasteiger partial charge in [-0.2, -0.15) is 0 Å². The molecular weight excluding hydrogens is 243 g/mol. The molecule has 0 saturated carbocycles. The molecule has 0 bridgehead atoms. The molecule has 0 spiro atoms. The lowest BCUT2D eigenvalue weighted by Crippen LogP contribution is -2.03. The van der Waals surface area contributed by atoms with E-state index in [9.17, 15) is 4.39 Å². The Hall–Kier alpha value is -0.990. The van der Waals surface area contributed by atoms with Crippen molar-refractivity contribution in [3.8, 4) is 0 Å². The normalized spacial score (nSPS) is 11.8. The van der Waals surface area contributed by atoms with E-state index >= 15 is 0 Å². The summed E-state index contributed by atoms with van der Waals surface area (Å²) in [5.41, 5.74) is 0. The smallest absolute Gasteiger partial charge is 0.103 e. The molecule has 0 aromatic carbocycles. The quantitative estimate of drug-likeness (QED) is 0.303. The molecule has 0 radical (unpaired) electrons. The Bertz CT molecular complexity index is 207. The van der Waals surface area contributed by atoms with Crippen molar-refractivity contribution in [3.05, 3.63) is 25.7 Å². The van der Waals surface area contributed by atoms with E-state index in [1.165, 1.54) is 38.2 Å². The lowest BCUT2D eigenvalue weighted by Gasteiger charge is -2.07. The van der Waals surface area contributed by atoms with Crippen molar-refractivity contribution < 1.29 is 13.9 Å². The van der Waals surface area contributed by atoms with Gasteiger partial charge in [0.15, 0.2) is 0 Å². The summed E-state index contributed by atoms with van der Waals surface area (Å²) in [6.07, 6.45) is 11.4. The Morgan fingerprint density at radius 1 is 0.737 bits per heavy atom. The lowest BCUT2D eigenvalue weighted by molar-refractivity contribution is 0.189. The first-order valence-electron chi connectivity index (χ1n) is 7.40. The fraction of sp³-hybridized carbons (Fsp3) is 0.750. The first kappa shape index (κ1) is 18.0. The summed E-state index contributed by atoms with van der Waals surface area (Å²) in [5.74, 6) is 0. The molecule has 0 N–H and O–H groups in total. The van der Waals surface area contributed by atoms with Crippen LogP contribution in [0.1, 0.15) is 57.8 Å². The van der Waals surface area contributed by atoms with Crippen LogP contribution in [-0.4, -0.2) is 19.4 Å². The van der Waals surface area contributed by atoms with Gasteiger partial charge in [-0.05, 0) is 12.8 Å². The second kappa shape index (κ2) is 15.1. The molecule has 1 atom stereocenters. The molecule has 1 unspecified atom stereocenters. The van der Waals surface area contributed by atoms with Crippen LogP contribution < -0.4 is 0 Å². The van der Waals surface area contributed by atoms with Gasteiger partial charge in [0.1, 0.15) is 6.17 Å². The van der Waals surface area contributed by atoms with E-state index in [0.717, 1.165) is 25.9 Å². The number of alkyl halides is 1. The zero-order valence-corrected chi connectivity index (χ0v) is 12.1. The third-order valence-corrected chi connectivity index (χ3v) is 3.06. The average Bonchev–Trinajstić information content (AvgIpc) is 2.41. The van der Waals surface area contributed by atoms with Crippen molar-refractivity contribution >= 4 is 0 Å². The number of ether oxygens (including phenoxy) is 2. The molecule has 0 fully saturated rings. The number of rotatable bonds is 15. The minimum Gasteiger partial charge on any atom is -0.502 e. The second-order valence-corrected chi connectivity index (χ2v) is 4.72. The average molecular weight is 272 g/mol. The maximum Gasteiger partial charge on any atom is 0.103 e. The van der Waals surface area contributed by atoms with Gasteiger partial charge in [-0.25, -0.2) is 4.39 Å². The molecule has 3 heteroatoms. The Labute approximate surface area is 117 Å². The van der Waals surface area contributed by atoms with Gasteiger partial charge < -0.3 is 9.47 Å².